The van der Waals surface area contributed by atoms with E-state index in [1.807, 2.05) is 30.3 Å². The van der Waals surface area contributed by atoms with Gasteiger partial charge in [-0.15, -0.1) is 0 Å². The average molecular weight is 293 g/mol. The Morgan fingerprint density at radius 1 is 1.11 bits per heavy atom. The van der Waals surface area contributed by atoms with Crippen LogP contribution in [0, 0.1) is 5.92 Å². The summed E-state index contributed by atoms with van der Waals surface area (Å²) < 4.78 is 0. The SMILES string of the molecule is OC1c2ccccc2CC1Cc1ccc(Cl)cc1Cl. The fraction of sp³-hybridized carbons (Fsp3) is 0.250. The molecule has 1 aliphatic rings. The topological polar surface area (TPSA) is 20.2 Å². The third-order valence-corrected chi connectivity index (χ3v) is 4.39. The van der Waals surface area contributed by atoms with E-state index in [0.29, 0.717) is 10.0 Å². The summed E-state index contributed by atoms with van der Waals surface area (Å²) in [6.07, 6.45) is 1.27. The molecule has 2 unspecified atom stereocenters. The summed E-state index contributed by atoms with van der Waals surface area (Å²) in [5, 5.41) is 11.7. The van der Waals surface area contributed by atoms with Crippen molar-refractivity contribution in [1.29, 1.82) is 0 Å². The summed E-state index contributed by atoms with van der Waals surface area (Å²) in [5.74, 6) is 0.191. The highest BCUT2D eigenvalue weighted by Crippen LogP contribution is 2.38. The van der Waals surface area contributed by atoms with Gasteiger partial charge in [-0.1, -0.05) is 53.5 Å². The van der Waals surface area contributed by atoms with E-state index in [0.717, 1.165) is 24.0 Å². The first-order valence-electron chi connectivity index (χ1n) is 6.35. The van der Waals surface area contributed by atoms with Crippen LogP contribution in [0.25, 0.3) is 0 Å². The normalized spacial score (nSPS) is 21.4. The third-order valence-electron chi connectivity index (χ3n) is 3.80. The Hall–Kier alpha value is -1.02. The molecular weight excluding hydrogens is 279 g/mol. The minimum atomic E-state index is -0.400. The fourth-order valence-electron chi connectivity index (χ4n) is 2.81. The number of halogens is 2. The zero-order valence-corrected chi connectivity index (χ0v) is 11.8. The van der Waals surface area contributed by atoms with Gasteiger partial charge in [0.2, 0.25) is 0 Å². The van der Waals surface area contributed by atoms with Crippen LogP contribution in [0.5, 0.6) is 0 Å². The second kappa shape index (κ2) is 5.16. The maximum absolute atomic E-state index is 10.4. The van der Waals surface area contributed by atoms with Crippen LogP contribution >= 0.6 is 23.2 Å². The molecule has 1 aliphatic carbocycles. The molecule has 3 heteroatoms. The maximum Gasteiger partial charge on any atom is 0.0827 e. The number of aliphatic hydroxyl groups excluding tert-OH is 1. The van der Waals surface area contributed by atoms with Crippen LogP contribution in [0.4, 0.5) is 0 Å². The Morgan fingerprint density at radius 3 is 2.63 bits per heavy atom. The van der Waals surface area contributed by atoms with Gasteiger partial charge in [0.1, 0.15) is 0 Å². The Kier molecular flexibility index (Phi) is 3.53. The molecule has 0 aliphatic heterocycles. The molecule has 0 heterocycles. The standard InChI is InChI=1S/C16H14Cl2O/c17-13-6-5-11(15(18)9-13)8-12-7-10-3-1-2-4-14(10)16(12)19/h1-6,9,12,16,19H,7-8H2. The lowest BCUT2D eigenvalue weighted by molar-refractivity contribution is 0.123. The number of hydrogen-bond acceptors (Lipinski definition) is 1. The second-order valence-electron chi connectivity index (χ2n) is 5.05. The van der Waals surface area contributed by atoms with Gasteiger partial charge in [-0.3, -0.25) is 0 Å². The van der Waals surface area contributed by atoms with Crippen LogP contribution < -0.4 is 0 Å². The van der Waals surface area contributed by atoms with Crippen LogP contribution in [-0.2, 0) is 12.8 Å². The summed E-state index contributed by atoms with van der Waals surface area (Å²) in [6, 6.07) is 13.6. The van der Waals surface area contributed by atoms with Gasteiger partial charge in [0.05, 0.1) is 6.10 Å². The molecule has 0 radical (unpaired) electrons. The zero-order valence-electron chi connectivity index (χ0n) is 10.3. The molecule has 0 amide bonds. The molecule has 0 saturated carbocycles. The van der Waals surface area contributed by atoms with Crippen LogP contribution in [0.1, 0.15) is 22.8 Å². The predicted octanol–water partition coefficient (Wildman–Crippen LogP) is 4.44. The van der Waals surface area contributed by atoms with E-state index in [9.17, 15) is 5.11 Å². The fourth-order valence-corrected chi connectivity index (χ4v) is 3.30. The van der Waals surface area contributed by atoms with E-state index in [4.69, 9.17) is 23.2 Å². The quantitative estimate of drug-likeness (QED) is 0.867. The van der Waals surface area contributed by atoms with Crippen molar-refractivity contribution in [3.05, 3.63) is 69.2 Å². The van der Waals surface area contributed by atoms with Crippen LogP contribution in [0.15, 0.2) is 42.5 Å². The third kappa shape index (κ3) is 2.51. The smallest absolute Gasteiger partial charge is 0.0827 e. The van der Waals surface area contributed by atoms with E-state index in [1.165, 1.54) is 5.56 Å². The molecule has 3 rings (SSSR count). The zero-order chi connectivity index (χ0) is 13.4. The minimum absolute atomic E-state index is 0.191. The lowest BCUT2D eigenvalue weighted by Gasteiger charge is -2.16. The summed E-state index contributed by atoms with van der Waals surface area (Å²) in [4.78, 5) is 0. The van der Waals surface area contributed by atoms with E-state index < -0.39 is 6.10 Å². The van der Waals surface area contributed by atoms with Crippen LogP contribution in [0.3, 0.4) is 0 Å². The van der Waals surface area contributed by atoms with Gasteiger partial charge < -0.3 is 5.11 Å². The number of aliphatic hydroxyl groups is 1. The van der Waals surface area contributed by atoms with Gasteiger partial charge in [0.25, 0.3) is 0 Å². The van der Waals surface area contributed by atoms with Crippen molar-refractivity contribution in [3.8, 4) is 0 Å². The Morgan fingerprint density at radius 2 is 1.89 bits per heavy atom. The molecule has 0 spiro atoms. The summed E-state index contributed by atoms with van der Waals surface area (Å²) in [6.45, 7) is 0. The molecule has 98 valence electrons. The molecule has 0 bridgehead atoms. The van der Waals surface area contributed by atoms with Gasteiger partial charge in [-0.25, -0.2) is 0 Å². The van der Waals surface area contributed by atoms with Gasteiger partial charge in [0.15, 0.2) is 0 Å². The molecule has 2 aromatic carbocycles. The van der Waals surface area contributed by atoms with Crippen molar-refractivity contribution < 1.29 is 5.11 Å². The number of hydrogen-bond donors (Lipinski definition) is 1. The highest BCUT2D eigenvalue weighted by molar-refractivity contribution is 6.35. The monoisotopic (exact) mass is 292 g/mol. The molecular formula is C16H14Cl2O. The van der Waals surface area contributed by atoms with E-state index in [2.05, 4.69) is 6.07 Å². The van der Waals surface area contributed by atoms with E-state index in [-0.39, 0.29) is 5.92 Å². The maximum atomic E-state index is 10.4. The van der Waals surface area contributed by atoms with Gasteiger partial charge >= 0.3 is 0 Å². The minimum Gasteiger partial charge on any atom is -0.388 e. The lowest BCUT2D eigenvalue weighted by atomic mass is 9.94. The number of fused-ring (bicyclic) bond motifs is 1. The second-order valence-corrected chi connectivity index (χ2v) is 5.89. The predicted molar refractivity (Wildman–Crippen MR) is 78.8 cm³/mol. The Balaban J connectivity index is 1.83. The van der Waals surface area contributed by atoms with Crippen molar-refractivity contribution in [2.75, 3.05) is 0 Å². The molecule has 1 N–H and O–H groups in total. The summed E-state index contributed by atoms with van der Waals surface area (Å²) in [7, 11) is 0. The largest absolute Gasteiger partial charge is 0.388 e. The van der Waals surface area contributed by atoms with Gasteiger partial charge in [0, 0.05) is 10.0 Å². The molecule has 19 heavy (non-hydrogen) atoms. The van der Waals surface area contributed by atoms with Crippen molar-refractivity contribution in [2.24, 2.45) is 5.92 Å². The van der Waals surface area contributed by atoms with Crippen molar-refractivity contribution >= 4 is 23.2 Å². The highest BCUT2D eigenvalue weighted by atomic mass is 35.5. The van der Waals surface area contributed by atoms with E-state index in [1.54, 1.807) is 6.07 Å². The molecule has 2 atom stereocenters. The van der Waals surface area contributed by atoms with E-state index >= 15 is 0 Å². The summed E-state index contributed by atoms with van der Waals surface area (Å²) >= 11 is 12.1. The van der Waals surface area contributed by atoms with Crippen molar-refractivity contribution in [3.63, 3.8) is 0 Å². The number of benzene rings is 2. The first-order chi connectivity index (χ1) is 9.15. The summed E-state index contributed by atoms with van der Waals surface area (Å²) in [5.41, 5.74) is 3.34. The average Bonchev–Trinajstić information content (AvgIpc) is 2.70. The van der Waals surface area contributed by atoms with Gasteiger partial charge in [-0.2, -0.15) is 0 Å². The first-order valence-corrected chi connectivity index (χ1v) is 7.10. The first kappa shape index (κ1) is 13.0. The molecule has 0 fully saturated rings. The van der Waals surface area contributed by atoms with Crippen molar-refractivity contribution in [1.82, 2.24) is 0 Å². The molecule has 0 aromatic heterocycles. The van der Waals surface area contributed by atoms with Crippen LogP contribution in [-0.4, -0.2) is 5.11 Å². The molecule has 2 aromatic rings. The lowest BCUT2D eigenvalue weighted by Crippen LogP contribution is -2.10. The highest BCUT2D eigenvalue weighted by Gasteiger charge is 2.30. The van der Waals surface area contributed by atoms with Gasteiger partial charge in [-0.05, 0) is 47.6 Å². The van der Waals surface area contributed by atoms with Crippen molar-refractivity contribution in [2.45, 2.75) is 18.9 Å². The molecule has 0 saturated heterocycles. The van der Waals surface area contributed by atoms with Crippen LogP contribution in [0.2, 0.25) is 10.0 Å². The Labute approximate surface area is 122 Å². The Bertz CT molecular complexity index is 609. The molecule has 1 nitrogen and oxygen atoms in total. The number of rotatable bonds is 2.